The topological polar surface area (TPSA) is 50.7 Å². The Balaban J connectivity index is 2.00. The highest BCUT2D eigenvalue weighted by Gasteiger charge is 2.23. The molecule has 0 radical (unpaired) electrons. The number of nitrogens with one attached hydrogen (secondary N) is 1. The van der Waals surface area contributed by atoms with Crippen LogP contribution in [0.3, 0.4) is 0 Å². The highest BCUT2D eigenvalue weighted by molar-refractivity contribution is 6.30. The Morgan fingerprint density at radius 1 is 1.21 bits per heavy atom. The van der Waals surface area contributed by atoms with Crippen LogP contribution in [0.25, 0.3) is 22.4 Å². The molecule has 2 aromatic heterocycles. The van der Waals surface area contributed by atoms with Gasteiger partial charge in [0.2, 0.25) is 0 Å². The van der Waals surface area contributed by atoms with Crippen molar-refractivity contribution in [2.45, 2.75) is 45.1 Å². The van der Waals surface area contributed by atoms with Crippen LogP contribution in [0, 0.1) is 6.92 Å². The second-order valence-electron chi connectivity index (χ2n) is 6.63. The Bertz CT molecular complexity index is 951. The molecule has 0 atom stereocenters. The fourth-order valence-electron chi connectivity index (χ4n) is 3.72. The van der Waals surface area contributed by atoms with Crippen LogP contribution in [0.5, 0.6) is 0 Å². The van der Waals surface area contributed by atoms with E-state index in [1.54, 1.807) is 0 Å². The Kier molecular flexibility index (Phi) is 3.93. The first-order valence-electron chi connectivity index (χ1n) is 8.51. The Labute approximate surface area is 145 Å². The van der Waals surface area contributed by atoms with Crippen molar-refractivity contribution in [2.24, 2.45) is 0 Å². The van der Waals surface area contributed by atoms with Crippen LogP contribution in [0.15, 0.2) is 35.1 Å². The lowest BCUT2D eigenvalue weighted by Crippen LogP contribution is -2.28. The highest BCUT2D eigenvalue weighted by atomic mass is 35.5. The second-order valence-corrected chi connectivity index (χ2v) is 7.06. The molecule has 24 heavy (non-hydrogen) atoms. The average molecular weight is 342 g/mol. The van der Waals surface area contributed by atoms with E-state index < -0.39 is 0 Å². The third kappa shape index (κ3) is 2.65. The predicted octanol–water partition coefficient (Wildman–Crippen LogP) is 4.86. The summed E-state index contributed by atoms with van der Waals surface area (Å²) in [6, 6.07) is 9.70. The number of halogens is 1. The first kappa shape index (κ1) is 15.5. The third-order valence-corrected chi connectivity index (χ3v) is 5.08. The van der Waals surface area contributed by atoms with Crippen LogP contribution in [0.4, 0.5) is 0 Å². The number of nitrogens with zero attached hydrogens (tertiary/aromatic N) is 2. The van der Waals surface area contributed by atoms with Gasteiger partial charge in [0.1, 0.15) is 11.5 Å². The van der Waals surface area contributed by atoms with Gasteiger partial charge < -0.3 is 4.98 Å². The molecular formula is C19H20ClN3O. The molecule has 3 aromatic rings. The molecule has 0 aliphatic heterocycles. The summed E-state index contributed by atoms with van der Waals surface area (Å²) in [6.45, 7) is 1.95. The van der Waals surface area contributed by atoms with Gasteiger partial charge in [-0.3, -0.25) is 9.36 Å². The molecule has 124 valence electrons. The molecule has 4 rings (SSSR count). The van der Waals surface area contributed by atoms with Crippen molar-refractivity contribution in [2.75, 3.05) is 0 Å². The number of aryl methyl sites for hydroxylation is 1. The predicted molar refractivity (Wildman–Crippen MR) is 97.7 cm³/mol. The van der Waals surface area contributed by atoms with Gasteiger partial charge in [0.15, 0.2) is 0 Å². The van der Waals surface area contributed by atoms with E-state index in [0.29, 0.717) is 21.9 Å². The summed E-state index contributed by atoms with van der Waals surface area (Å²) < 4.78 is 1.90. The smallest absolute Gasteiger partial charge is 0.263 e. The van der Waals surface area contributed by atoms with E-state index in [1.165, 1.54) is 6.42 Å². The molecule has 1 aliphatic carbocycles. The lowest BCUT2D eigenvalue weighted by Gasteiger charge is -2.26. The van der Waals surface area contributed by atoms with Crippen LogP contribution < -0.4 is 5.56 Å². The summed E-state index contributed by atoms with van der Waals surface area (Å²) >= 11 is 6.17. The lowest BCUT2D eigenvalue weighted by molar-refractivity contribution is 0.348. The molecule has 1 aromatic carbocycles. The van der Waals surface area contributed by atoms with Crippen LogP contribution >= 0.6 is 11.6 Å². The zero-order valence-corrected chi connectivity index (χ0v) is 14.4. The van der Waals surface area contributed by atoms with E-state index in [-0.39, 0.29) is 11.6 Å². The van der Waals surface area contributed by atoms with Crippen molar-refractivity contribution in [1.82, 2.24) is 14.5 Å². The quantitative estimate of drug-likeness (QED) is 0.723. The minimum absolute atomic E-state index is 0.0474. The van der Waals surface area contributed by atoms with Gasteiger partial charge in [-0.1, -0.05) is 43.0 Å². The fourth-order valence-corrected chi connectivity index (χ4v) is 3.91. The van der Waals surface area contributed by atoms with Gasteiger partial charge in [-0.2, -0.15) is 0 Å². The molecule has 4 nitrogen and oxygen atoms in total. The maximum atomic E-state index is 13.2. The van der Waals surface area contributed by atoms with Crippen LogP contribution in [0.1, 0.15) is 43.8 Å². The number of fused-ring (bicyclic) bond motifs is 1. The fraction of sp³-hybridized carbons (Fsp3) is 0.368. The van der Waals surface area contributed by atoms with E-state index >= 15 is 0 Å². The maximum Gasteiger partial charge on any atom is 0.263 e. The highest BCUT2D eigenvalue weighted by Crippen LogP contribution is 2.32. The first-order chi connectivity index (χ1) is 11.6. The summed E-state index contributed by atoms with van der Waals surface area (Å²) in [5.74, 6) is 0.712. The standard InChI is InChI=1S/C19H20ClN3O/c1-12-10-16-17(21-12)22-18(13-6-5-7-14(20)11-13)23(19(16)24)15-8-3-2-4-9-15/h5-7,10-11,15,21H,2-4,8-9H2,1H3. The SMILES string of the molecule is Cc1cc2c(=O)n(C3CCCCC3)c(-c3cccc(Cl)c3)nc2[nH]1. The minimum atomic E-state index is 0.0474. The summed E-state index contributed by atoms with van der Waals surface area (Å²) in [5.41, 5.74) is 2.54. The number of benzene rings is 1. The summed E-state index contributed by atoms with van der Waals surface area (Å²) in [4.78, 5) is 21.2. The number of rotatable bonds is 2. The van der Waals surface area contributed by atoms with Gasteiger partial charge in [-0.15, -0.1) is 0 Å². The van der Waals surface area contributed by atoms with Gasteiger partial charge in [-0.05, 0) is 38.0 Å². The third-order valence-electron chi connectivity index (χ3n) is 4.85. The molecule has 1 saturated carbocycles. The average Bonchev–Trinajstić information content (AvgIpc) is 2.96. The Morgan fingerprint density at radius 3 is 2.75 bits per heavy atom. The van der Waals surface area contributed by atoms with Gasteiger partial charge in [0, 0.05) is 22.3 Å². The number of H-pyrrole nitrogens is 1. The molecule has 0 spiro atoms. The minimum Gasteiger partial charge on any atom is -0.343 e. The van der Waals surface area contributed by atoms with E-state index in [4.69, 9.17) is 16.6 Å². The summed E-state index contributed by atoms with van der Waals surface area (Å²) in [5, 5.41) is 1.32. The molecular weight excluding hydrogens is 322 g/mol. The van der Waals surface area contributed by atoms with Crippen molar-refractivity contribution >= 4 is 22.6 Å². The first-order valence-corrected chi connectivity index (χ1v) is 8.89. The molecule has 1 N–H and O–H groups in total. The van der Waals surface area contributed by atoms with Crippen molar-refractivity contribution in [3.05, 3.63) is 51.4 Å². The molecule has 1 aliphatic rings. The second kappa shape index (κ2) is 6.10. The monoisotopic (exact) mass is 341 g/mol. The number of hydrogen-bond acceptors (Lipinski definition) is 2. The normalized spacial score (nSPS) is 15.9. The number of aromatic nitrogens is 3. The zero-order chi connectivity index (χ0) is 16.7. The molecule has 0 bridgehead atoms. The number of aromatic amines is 1. The van der Waals surface area contributed by atoms with Crippen LogP contribution in [-0.4, -0.2) is 14.5 Å². The number of hydrogen-bond donors (Lipinski definition) is 1. The molecule has 5 heteroatoms. The van der Waals surface area contributed by atoms with Crippen molar-refractivity contribution < 1.29 is 0 Å². The summed E-state index contributed by atoms with van der Waals surface area (Å²) in [7, 11) is 0. The van der Waals surface area contributed by atoms with E-state index in [1.807, 2.05) is 41.8 Å². The lowest BCUT2D eigenvalue weighted by atomic mass is 9.95. The molecule has 0 unspecified atom stereocenters. The maximum absolute atomic E-state index is 13.2. The zero-order valence-electron chi connectivity index (χ0n) is 13.7. The molecule has 2 heterocycles. The van der Waals surface area contributed by atoms with Gasteiger partial charge in [-0.25, -0.2) is 4.98 Å². The molecule has 0 saturated heterocycles. The van der Waals surface area contributed by atoms with Gasteiger partial charge in [0.25, 0.3) is 5.56 Å². The van der Waals surface area contributed by atoms with Crippen molar-refractivity contribution in [3.8, 4) is 11.4 Å². The van der Waals surface area contributed by atoms with Crippen LogP contribution in [0.2, 0.25) is 5.02 Å². The Morgan fingerprint density at radius 2 is 2.00 bits per heavy atom. The van der Waals surface area contributed by atoms with Crippen LogP contribution in [-0.2, 0) is 0 Å². The van der Waals surface area contributed by atoms with E-state index in [0.717, 1.165) is 36.9 Å². The Hall–Kier alpha value is -2.07. The van der Waals surface area contributed by atoms with Crippen molar-refractivity contribution in [3.63, 3.8) is 0 Å². The summed E-state index contributed by atoms with van der Waals surface area (Å²) in [6.07, 6.45) is 5.64. The largest absolute Gasteiger partial charge is 0.343 e. The molecule has 1 fully saturated rings. The van der Waals surface area contributed by atoms with Gasteiger partial charge in [0.05, 0.1) is 5.39 Å². The molecule has 0 amide bonds. The van der Waals surface area contributed by atoms with E-state index in [9.17, 15) is 4.79 Å². The van der Waals surface area contributed by atoms with E-state index in [2.05, 4.69) is 4.98 Å². The van der Waals surface area contributed by atoms with Gasteiger partial charge >= 0.3 is 0 Å². The van der Waals surface area contributed by atoms with Crippen molar-refractivity contribution in [1.29, 1.82) is 0 Å².